The first-order valence-corrected chi connectivity index (χ1v) is 9.82. The topological polar surface area (TPSA) is 102 Å². The van der Waals surface area contributed by atoms with E-state index in [4.69, 9.17) is 15.9 Å². The molecule has 0 aliphatic carbocycles. The third-order valence-electron chi connectivity index (χ3n) is 5.11. The predicted molar refractivity (Wildman–Crippen MR) is 117 cm³/mol. The molecular weight excluding hydrogens is 395 g/mol. The second kappa shape index (κ2) is 8.71. The lowest BCUT2D eigenvalue weighted by Gasteiger charge is -2.36. The molecule has 3 aromatic rings. The van der Waals surface area contributed by atoms with E-state index in [0.717, 1.165) is 11.3 Å². The monoisotopic (exact) mass is 416 g/mol. The van der Waals surface area contributed by atoms with Crippen molar-refractivity contribution in [2.24, 2.45) is 5.73 Å². The summed E-state index contributed by atoms with van der Waals surface area (Å²) in [5, 5.41) is 17.0. The molecule has 4 rings (SSSR count). The van der Waals surface area contributed by atoms with Crippen molar-refractivity contribution >= 4 is 11.6 Å². The van der Waals surface area contributed by atoms with Gasteiger partial charge in [-0.25, -0.2) is 9.37 Å². The van der Waals surface area contributed by atoms with Crippen LogP contribution < -0.4 is 15.4 Å². The lowest BCUT2D eigenvalue weighted by molar-refractivity contribution is 0.380. The van der Waals surface area contributed by atoms with Gasteiger partial charge in [0.05, 0.1) is 5.69 Å². The molecule has 0 saturated carbocycles. The maximum Gasteiger partial charge on any atom is 0.188 e. The number of pyridine rings is 1. The van der Waals surface area contributed by atoms with E-state index < -0.39 is 0 Å². The molecule has 8 heteroatoms. The van der Waals surface area contributed by atoms with Crippen LogP contribution in [0.25, 0.3) is 11.3 Å². The molecule has 0 bridgehead atoms. The van der Waals surface area contributed by atoms with Gasteiger partial charge in [-0.05, 0) is 60.7 Å². The van der Waals surface area contributed by atoms with Gasteiger partial charge in [0, 0.05) is 37.4 Å². The molecule has 1 aliphatic rings. The Morgan fingerprint density at radius 1 is 1.00 bits per heavy atom. The standard InChI is InChI=1S/C23H21FN6O/c24-17-3-7-21(8-4-17)31-20-5-1-16(2-6-20)22-14-19(13-18(15-25)28-22)29-9-11-30(12-10-29)23(26)27/h1-8,13-14H,9-12H2,(H3,26,27). The van der Waals surface area contributed by atoms with Gasteiger partial charge in [0.2, 0.25) is 0 Å². The molecule has 0 spiro atoms. The minimum absolute atomic E-state index is 0.0794. The molecule has 7 nitrogen and oxygen atoms in total. The SMILES string of the molecule is N#Cc1cc(N2CCN(C(=N)N)CC2)cc(-c2ccc(Oc3ccc(F)cc3)cc2)n1. The number of nitriles is 1. The molecule has 31 heavy (non-hydrogen) atoms. The van der Waals surface area contributed by atoms with Gasteiger partial charge in [-0.1, -0.05) is 0 Å². The Labute approximate surface area is 179 Å². The molecule has 0 radical (unpaired) electrons. The molecule has 156 valence electrons. The molecule has 1 saturated heterocycles. The first-order valence-electron chi connectivity index (χ1n) is 9.82. The van der Waals surface area contributed by atoms with Crippen molar-refractivity contribution in [1.29, 1.82) is 10.7 Å². The molecule has 1 fully saturated rings. The fraction of sp³-hybridized carbons (Fsp3) is 0.174. The van der Waals surface area contributed by atoms with Gasteiger partial charge in [0.25, 0.3) is 0 Å². The predicted octanol–water partition coefficient (Wildman–Crippen LogP) is 3.57. The maximum absolute atomic E-state index is 13.0. The zero-order valence-corrected chi connectivity index (χ0v) is 16.8. The van der Waals surface area contributed by atoms with E-state index in [-0.39, 0.29) is 11.8 Å². The van der Waals surface area contributed by atoms with Gasteiger partial charge in [-0.15, -0.1) is 0 Å². The molecule has 3 N–H and O–H groups in total. The van der Waals surface area contributed by atoms with Crippen molar-refractivity contribution in [1.82, 2.24) is 9.88 Å². The highest BCUT2D eigenvalue weighted by Crippen LogP contribution is 2.28. The number of hydrogen-bond acceptors (Lipinski definition) is 5. The Bertz CT molecular complexity index is 1120. The van der Waals surface area contributed by atoms with Crippen molar-refractivity contribution in [3.8, 4) is 28.8 Å². The lowest BCUT2D eigenvalue weighted by atomic mass is 10.1. The number of nitrogens with one attached hydrogen (secondary N) is 1. The number of halogens is 1. The fourth-order valence-electron chi connectivity index (χ4n) is 3.44. The summed E-state index contributed by atoms with van der Waals surface area (Å²) >= 11 is 0. The number of hydrogen-bond donors (Lipinski definition) is 2. The van der Waals surface area contributed by atoms with Crippen LogP contribution in [0.15, 0.2) is 60.7 Å². The molecule has 1 aromatic heterocycles. The Morgan fingerprint density at radius 3 is 2.19 bits per heavy atom. The Hall–Kier alpha value is -4.12. The summed E-state index contributed by atoms with van der Waals surface area (Å²) in [5.41, 5.74) is 8.37. The van der Waals surface area contributed by atoms with E-state index in [9.17, 15) is 9.65 Å². The van der Waals surface area contributed by atoms with Crippen LogP contribution in [0.5, 0.6) is 11.5 Å². The van der Waals surface area contributed by atoms with Crippen molar-refractivity contribution in [2.45, 2.75) is 0 Å². The molecule has 1 aliphatic heterocycles. The average molecular weight is 416 g/mol. The minimum atomic E-state index is -0.315. The number of anilines is 1. The van der Waals surface area contributed by atoms with Crippen molar-refractivity contribution in [3.05, 3.63) is 72.2 Å². The average Bonchev–Trinajstić information content (AvgIpc) is 2.81. The van der Waals surface area contributed by atoms with E-state index in [1.807, 2.05) is 35.2 Å². The minimum Gasteiger partial charge on any atom is -0.457 e. The summed E-state index contributed by atoms with van der Waals surface area (Å²) in [5.74, 6) is 0.929. The van der Waals surface area contributed by atoms with Crippen molar-refractivity contribution in [3.63, 3.8) is 0 Å². The Balaban J connectivity index is 1.53. The molecule has 0 unspecified atom stereocenters. The molecule has 2 aromatic carbocycles. The number of rotatable bonds is 4. The first-order chi connectivity index (χ1) is 15.0. The fourth-order valence-corrected chi connectivity index (χ4v) is 3.44. The smallest absolute Gasteiger partial charge is 0.188 e. The summed E-state index contributed by atoms with van der Waals surface area (Å²) in [6, 6.07) is 19.1. The largest absolute Gasteiger partial charge is 0.457 e. The zero-order valence-electron chi connectivity index (χ0n) is 16.8. The number of ether oxygens (including phenoxy) is 1. The quantitative estimate of drug-likeness (QED) is 0.498. The zero-order chi connectivity index (χ0) is 21.8. The summed E-state index contributed by atoms with van der Waals surface area (Å²) in [7, 11) is 0. The lowest BCUT2D eigenvalue weighted by Crippen LogP contribution is -2.50. The van der Waals surface area contributed by atoms with E-state index >= 15 is 0 Å². The number of nitrogens with zero attached hydrogens (tertiary/aromatic N) is 4. The van der Waals surface area contributed by atoms with Gasteiger partial charge in [-0.2, -0.15) is 5.26 Å². The van der Waals surface area contributed by atoms with E-state index in [1.165, 1.54) is 12.1 Å². The van der Waals surface area contributed by atoms with Crippen molar-refractivity contribution < 1.29 is 9.13 Å². The number of aromatic nitrogens is 1. The third-order valence-corrected chi connectivity index (χ3v) is 5.11. The molecule has 0 atom stereocenters. The second-order valence-corrected chi connectivity index (χ2v) is 7.15. The number of nitrogens with two attached hydrogens (primary N) is 1. The molecule has 0 amide bonds. The summed E-state index contributed by atoms with van der Waals surface area (Å²) in [6.07, 6.45) is 0. The van der Waals surface area contributed by atoms with Gasteiger partial charge in [-0.3, -0.25) is 5.41 Å². The normalized spacial score (nSPS) is 13.5. The highest BCUT2D eigenvalue weighted by molar-refractivity contribution is 5.75. The van der Waals surface area contributed by atoms with Crippen LogP contribution in [0.1, 0.15) is 5.69 Å². The molecular formula is C23H21FN6O. The Kier molecular flexibility index (Phi) is 5.67. The van der Waals surface area contributed by atoms with Crippen molar-refractivity contribution in [2.75, 3.05) is 31.1 Å². The first kappa shape index (κ1) is 20.2. The summed E-state index contributed by atoms with van der Waals surface area (Å²) in [6.45, 7) is 2.73. The van der Waals surface area contributed by atoms with Crippen LogP contribution in [-0.2, 0) is 0 Å². The molecule has 2 heterocycles. The number of guanidine groups is 1. The number of benzene rings is 2. The van der Waals surface area contributed by atoms with Gasteiger partial charge in [0.1, 0.15) is 29.1 Å². The van der Waals surface area contributed by atoms with Crippen LogP contribution in [0.4, 0.5) is 10.1 Å². The summed E-state index contributed by atoms with van der Waals surface area (Å²) in [4.78, 5) is 8.44. The van der Waals surface area contributed by atoms with E-state index in [1.54, 1.807) is 18.2 Å². The van der Waals surface area contributed by atoms with Crippen LogP contribution in [-0.4, -0.2) is 42.0 Å². The second-order valence-electron chi connectivity index (χ2n) is 7.15. The van der Waals surface area contributed by atoms with Gasteiger partial charge in [0.15, 0.2) is 5.96 Å². The maximum atomic E-state index is 13.0. The van der Waals surface area contributed by atoms with Crippen LogP contribution in [0, 0.1) is 22.6 Å². The van der Waals surface area contributed by atoms with Crippen LogP contribution >= 0.6 is 0 Å². The van der Waals surface area contributed by atoms with Crippen LogP contribution in [0.3, 0.4) is 0 Å². The summed E-state index contributed by atoms with van der Waals surface area (Å²) < 4.78 is 18.8. The highest BCUT2D eigenvalue weighted by atomic mass is 19.1. The van der Waals surface area contributed by atoms with Gasteiger partial charge < -0.3 is 20.3 Å². The van der Waals surface area contributed by atoms with Gasteiger partial charge >= 0.3 is 0 Å². The van der Waals surface area contributed by atoms with Crippen LogP contribution in [0.2, 0.25) is 0 Å². The van der Waals surface area contributed by atoms with E-state index in [0.29, 0.717) is 49.1 Å². The Morgan fingerprint density at radius 2 is 1.61 bits per heavy atom. The highest BCUT2D eigenvalue weighted by Gasteiger charge is 2.19. The number of piperazine rings is 1. The van der Waals surface area contributed by atoms with E-state index in [2.05, 4.69) is 16.0 Å². The third kappa shape index (κ3) is 4.73.